The summed E-state index contributed by atoms with van der Waals surface area (Å²) < 4.78 is 5.62. The molecular weight excluding hydrogens is 352 g/mol. The molecule has 1 aromatic heterocycles. The summed E-state index contributed by atoms with van der Waals surface area (Å²) in [5.74, 6) is 1.55. The molecule has 0 bridgehead atoms. The molecule has 0 spiro atoms. The zero-order valence-electron chi connectivity index (χ0n) is 16.7. The van der Waals surface area contributed by atoms with Crippen LogP contribution in [0.5, 0.6) is 5.75 Å². The summed E-state index contributed by atoms with van der Waals surface area (Å²) in [5.41, 5.74) is 3.33. The number of aliphatic imine (C=N–C) groups is 1. The molecule has 1 aliphatic rings. The second-order valence-corrected chi connectivity index (χ2v) is 9.36. The topological polar surface area (TPSA) is 45.4 Å². The normalized spacial score (nSPS) is 16.9. The predicted molar refractivity (Wildman–Crippen MR) is 113 cm³/mol. The van der Waals surface area contributed by atoms with Crippen LogP contribution in [0.15, 0.2) is 29.3 Å². The summed E-state index contributed by atoms with van der Waals surface area (Å²) in [5, 5.41) is 10.5. The van der Waals surface area contributed by atoms with Gasteiger partial charge in [-0.1, -0.05) is 27.7 Å². The van der Waals surface area contributed by atoms with Crippen molar-refractivity contribution in [1.29, 1.82) is 5.26 Å². The highest BCUT2D eigenvalue weighted by atomic mass is 32.1. The van der Waals surface area contributed by atoms with Gasteiger partial charge in [-0.2, -0.15) is 5.26 Å². The first-order valence-corrected chi connectivity index (χ1v) is 10.6. The quantitative estimate of drug-likeness (QED) is 0.571. The Morgan fingerprint density at radius 1 is 1.30 bits per heavy atom. The number of hydrogen-bond acceptors (Lipinski definition) is 4. The largest absolute Gasteiger partial charge is 0.494 e. The van der Waals surface area contributed by atoms with Gasteiger partial charge in [-0.15, -0.1) is 11.3 Å². The molecule has 1 atom stereocenters. The first-order valence-electron chi connectivity index (χ1n) is 9.74. The molecule has 0 fully saturated rings. The van der Waals surface area contributed by atoms with Crippen LogP contribution in [0, 0.1) is 22.7 Å². The Kier molecular flexibility index (Phi) is 6.01. The molecule has 4 heteroatoms. The summed E-state index contributed by atoms with van der Waals surface area (Å²) in [7, 11) is 0. The van der Waals surface area contributed by atoms with E-state index in [2.05, 4.69) is 38.8 Å². The van der Waals surface area contributed by atoms with Gasteiger partial charge >= 0.3 is 0 Å². The maximum absolute atomic E-state index is 9.67. The molecule has 0 saturated heterocycles. The highest BCUT2D eigenvalue weighted by molar-refractivity contribution is 7.16. The second-order valence-electron chi connectivity index (χ2n) is 8.28. The molecule has 3 rings (SSSR count). The van der Waals surface area contributed by atoms with Crippen LogP contribution in [0.3, 0.4) is 0 Å². The van der Waals surface area contributed by atoms with Gasteiger partial charge in [-0.25, -0.2) is 4.99 Å². The number of fused-ring (bicyclic) bond motifs is 1. The maximum Gasteiger partial charge on any atom is 0.134 e. The van der Waals surface area contributed by atoms with Crippen molar-refractivity contribution in [3.8, 4) is 11.8 Å². The minimum absolute atomic E-state index is 0.305. The summed E-state index contributed by atoms with van der Waals surface area (Å²) in [6.07, 6.45) is 6.07. The van der Waals surface area contributed by atoms with E-state index < -0.39 is 0 Å². The van der Waals surface area contributed by atoms with Crippen LogP contribution in [-0.4, -0.2) is 12.8 Å². The van der Waals surface area contributed by atoms with Crippen LogP contribution in [0.2, 0.25) is 0 Å². The van der Waals surface area contributed by atoms with Gasteiger partial charge in [0.25, 0.3) is 0 Å². The van der Waals surface area contributed by atoms with E-state index in [1.807, 2.05) is 30.5 Å². The minimum Gasteiger partial charge on any atom is -0.494 e. The molecule has 0 unspecified atom stereocenters. The highest BCUT2D eigenvalue weighted by Gasteiger charge is 2.32. The van der Waals surface area contributed by atoms with Crippen molar-refractivity contribution in [3.05, 3.63) is 45.8 Å². The van der Waals surface area contributed by atoms with E-state index in [4.69, 9.17) is 4.74 Å². The number of ether oxygens (including phenoxy) is 1. The lowest BCUT2D eigenvalue weighted by atomic mass is 9.72. The Labute approximate surface area is 166 Å². The molecule has 1 aliphatic carbocycles. The molecule has 0 aliphatic heterocycles. The van der Waals surface area contributed by atoms with Crippen LogP contribution in [0.4, 0.5) is 5.00 Å². The lowest BCUT2D eigenvalue weighted by Crippen LogP contribution is -2.26. The number of nitriles is 1. The second kappa shape index (κ2) is 8.27. The predicted octanol–water partition coefficient (Wildman–Crippen LogP) is 6.31. The van der Waals surface area contributed by atoms with Gasteiger partial charge in [-0.3, -0.25) is 0 Å². The lowest BCUT2D eigenvalue weighted by molar-refractivity contribution is 0.218. The monoisotopic (exact) mass is 380 g/mol. The fourth-order valence-electron chi connectivity index (χ4n) is 3.52. The molecule has 0 amide bonds. The fourth-order valence-corrected chi connectivity index (χ4v) is 4.74. The molecule has 0 saturated carbocycles. The molecule has 3 nitrogen and oxygen atoms in total. The number of thiophene rings is 1. The highest BCUT2D eigenvalue weighted by Crippen LogP contribution is 2.44. The average Bonchev–Trinajstić information content (AvgIpc) is 3.01. The van der Waals surface area contributed by atoms with E-state index in [0.29, 0.717) is 11.3 Å². The molecule has 2 aromatic rings. The first kappa shape index (κ1) is 19.6. The standard InChI is InChI=1S/C23H28N2OS/c1-5-12-26-18-9-6-16(7-10-18)15-25-22-20(14-24)19-11-8-17(23(2,3)4)13-21(19)27-22/h6-7,9-10,15,17H,5,8,11-13H2,1-4H3/t17-/m0/s1. The first-order chi connectivity index (χ1) is 12.9. The third-order valence-electron chi connectivity index (χ3n) is 5.27. The van der Waals surface area contributed by atoms with Gasteiger partial charge in [0.1, 0.15) is 16.8 Å². The van der Waals surface area contributed by atoms with Gasteiger partial charge in [0.05, 0.1) is 12.2 Å². The number of nitrogens with zero attached hydrogens (tertiary/aromatic N) is 2. The molecule has 0 radical (unpaired) electrons. The van der Waals surface area contributed by atoms with Gasteiger partial charge < -0.3 is 4.74 Å². The van der Waals surface area contributed by atoms with Crippen molar-refractivity contribution in [2.24, 2.45) is 16.3 Å². The van der Waals surface area contributed by atoms with Crippen LogP contribution in [0.1, 0.15) is 62.1 Å². The Morgan fingerprint density at radius 2 is 2.04 bits per heavy atom. The lowest BCUT2D eigenvalue weighted by Gasteiger charge is -2.33. The third kappa shape index (κ3) is 4.59. The van der Waals surface area contributed by atoms with Crippen LogP contribution in [0.25, 0.3) is 0 Å². The molecule has 142 valence electrons. The minimum atomic E-state index is 0.305. The molecule has 27 heavy (non-hydrogen) atoms. The van der Waals surface area contributed by atoms with Crippen LogP contribution >= 0.6 is 11.3 Å². The third-order valence-corrected chi connectivity index (χ3v) is 6.43. The smallest absolute Gasteiger partial charge is 0.134 e. The van der Waals surface area contributed by atoms with Gasteiger partial charge in [0.15, 0.2) is 0 Å². The number of benzene rings is 1. The molecule has 1 aromatic carbocycles. The van der Waals surface area contributed by atoms with Crippen LogP contribution in [-0.2, 0) is 12.8 Å². The Balaban J connectivity index is 1.79. The van der Waals surface area contributed by atoms with Gasteiger partial charge in [0, 0.05) is 11.1 Å². The fraction of sp³-hybridized carbons (Fsp3) is 0.478. The van der Waals surface area contributed by atoms with E-state index in [0.717, 1.165) is 54.2 Å². The van der Waals surface area contributed by atoms with Gasteiger partial charge in [-0.05, 0) is 72.4 Å². The average molecular weight is 381 g/mol. The van der Waals surface area contributed by atoms with E-state index in [-0.39, 0.29) is 0 Å². The van der Waals surface area contributed by atoms with E-state index >= 15 is 0 Å². The Morgan fingerprint density at radius 3 is 2.67 bits per heavy atom. The van der Waals surface area contributed by atoms with Crippen molar-refractivity contribution >= 4 is 22.6 Å². The molecular formula is C23H28N2OS. The molecule has 0 N–H and O–H groups in total. The summed E-state index contributed by atoms with van der Waals surface area (Å²) in [4.78, 5) is 6.02. The van der Waals surface area contributed by atoms with E-state index in [1.54, 1.807) is 11.3 Å². The van der Waals surface area contributed by atoms with E-state index in [9.17, 15) is 5.26 Å². The van der Waals surface area contributed by atoms with Crippen molar-refractivity contribution in [2.45, 2.75) is 53.4 Å². The van der Waals surface area contributed by atoms with E-state index in [1.165, 1.54) is 10.4 Å². The zero-order valence-corrected chi connectivity index (χ0v) is 17.5. The van der Waals surface area contributed by atoms with Crippen molar-refractivity contribution in [3.63, 3.8) is 0 Å². The Hall–Kier alpha value is -2.12. The number of hydrogen-bond donors (Lipinski definition) is 0. The number of rotatable bonds is 5. The Bertz CT molecular complexity index is 850. The summed E-state index contributed by atoms with van der Waals surface area (Å²) in [6, 6.07) is 10.3. The van der Waals surface area contributed by atoms with Gasteiger partial charge in [0.2, 0.25) is 0 Å². The summed E-state index contributed by atoms with van der Waals surface area (Å²) in [6.45, 7) is 9.77. The van der Waals surface area contributed by atoms with Crippen molar-refractivity contribution < 1.29 is 4.74 Å². The SMILES string of the molecule is CCCOc1ccc(C=Nc2sc3c(c2C#N)CC[C@H](C(C)(C)C)C3)cc1. The zero-order chi connectivity index (χ0) is 19.4. The summed E-state index contributed by atoms with van der Waals surface area (Å²) >= 11 is 1.69. The molecule has 1 heterocycles. The van der Waals surface area contributed by atoms with Crippen molar-refractivity contribution in [2.75, 3.05) is 6.61 Å². The maximum atomic E-state index is 9.67. The van der Waals surface area contributed by atoms with Crippen molar-refractivity contribution in [1.82, 2.24) is 0 Å². The van der Waals surface area contributed by atoms with Crippen LogP contribution < -0.4 is 4.74 Å².